The molecule has 2 aliphatic rings. The lowest BCUT2D eigenvalue weighted by molar-refractivity contribution is -0.141. The Bertz CT molecular complexity index is 1280. The zero-order chi connectivity index (χ0) is 27.2. The molecule has 1 aromatic carbocycles. The zero-order valence-electron chi connectivity index (χ0n) is 20.6. The van der Waals surface area contributed by atoms with E-state index in [4.69, 9.17) is 4.74 Å². The van der Waals surface area contributed by atoms with Gasteiger partial charge in [-0.2, -0.15) is 31.3 Å². The summed E-state index contributed by atoms with van der Waals surface area (Å²) in [5, 5.41) is 7.85. The Morgan fingerprint density at radius 1 is 0.974 bits per heavy atom. The summed E-state index contributed by atoms with van der Waals surface area (Å²) in [5.74, 6) is 0.578. The van der Waals surface area contributed by atoms with Crippen molar-refractivity contribution in [2.45, 2.75) is 51.1 Å². The maximum absolute atomic E-state index is 13.1. The molecular weight excluding hydrogens is 514 g/mol. The number of alkyl halides is 6. The van der Waals surface area contributed by atoms with E-state index in [0.717, 1.165) is 31.0 Å². The molecule has 1 aliphatic heterocycles. The molecule has 1 saturated heterocycles. The minimum Gasteiger partial charge on any atom is -0.424 e. The fourth-order valence-corrected chi connectivity index (χ4v) is 5.21. The summed E-state index contributed by atoms with van der Waals surface area (Å²) in [6.07, 6.45) is -6.04. The van der Waals surface area contributed by atoms with Gasteiger partial charge in [-0.1, -0.05) is 6.07 Å². The summed E-state index contributed by atoms with van der Waals surface area (Å²) in [6.45, 7) is 4.83. The normalized spacial score (nSPS) is 21.7. The maximum atomic E-state index is 13.1. The number of anilines is 2. The van der Waals surface area contributed by atoms with Gasteiger partial charge in [-0.05, 0) is 68.9 Å². The summed E-state index contributed by atoms with van der Waals surface area (Å²) < 4.78 is 85.9. The van der Waals surface area contributed by atoms with E-state index in [1.54, 1.807) is 6.07 Å². The van der Waals surface area contributed by atoms with Gasteiger partial charge >= 0.3 is 18.4 Å². The topological polar surface area (TPSA) is 68.1 Å². The quantitative estimate of drug-likeness (QED) is 0.365. The number of aromatic nitrogens is 4. The summed E-state index contributed by atoms with van der Waals surface area (Å²) in [5.41, 5.74) is -1.26. The second kappa shape index (κ2) is 9.66. The van der Waals surface area contributed by atoms with Crippen LogP contribution in [0.15, 0.2) is 42.6 Å². The third kappa shape index (κ3) is 5.37. The number of nitrogens with one attached hydrogen (secondary N) is 1. The van der Waals surface area contributed by atoms with Gasteiger partial charge in [0, 0.05) is 31.0 Å². The van der Waals surface area contributed by atoms with Crippen LogP contribution in [0, 0.1) is 11.8 Å². The van der Waals surface area contributed by atoms with Crippen molar-refractivity contribution < 1.29 is 31.1 Å². The molecular formula is C25H26F6N6O. The smallest absolute Gasteiger partial charge is 0.424 e. The van der Waals surface area contributed by atoms with Gasteiger partial charge in [0.25, 0.3) is 0 Å². The molecule has 2 aromatic heterocycles. The van der Waals surface area contributed by atoms with Gasteiger partial charge in [-0.3, -0.25) is 4.98 Å². The van der Waals surface area contributed by atoms with Crippen LogP contribution in [0.2, 0.25) is 0 Å². The third-order valence-electron chi connectivity index (χ3n) is 6.99. The van der Waals surface area contributed by atoms with Crippen LogP contribution in [0.25, 0.3) is 0 Å². The lowest BCUT2D eigenvalue weighted by Gasteiger charge is -2.39. The number of pyridine rings is 1. The lowest BCUT2D eigenvalue weighted by atomic mass is 9.92. The van der Waals surface area contributed by atoms with Gasteiger partial charge in [0.15, 0.2) is 0 Å². The highest BCUT2D eigenvalue weighted by molar-refractivity contribution is 5.49. The minimum absolute atomic E-state index is 0.000377. The van der Waals surface area contributed by atoms with E-state index in [9.17, 15) is 26.3 Å². The highest BCUT2D eigenvalue weighted by Gasteiger charge is 2.43. The Kier molecular flexibility index (Phi) is 6.64. The van der Waals surface area contributed by atoms with Crippen LogP contribution >= 0.6 is 0 Å². The number of rotatable bonds is 6. The Hall–Kier alpha value is -3.51. The molecule has 3 heterocycles. The fraction of sp³-hybridized carbons (Fsp3) is 0.480. The lowest BCUT2D eigenvalue weighted by Crippen LogP contribution is -2.48. The van der Waals surface area contributed by atoms with E-state index in [1.807, 2.05) is 18.7 Å². The molecule has 3 atom stereocenters. The van der Waals surface area contributed by atoms with Crippen LogP contribution in [0.4, 0.5) is 38.0 Å². The van der Waals surface area contributed by atoms with Crippen LogP contribution in [-0.2, 0) is 12.4 Å². The number of benzene rings is 1. The number of fused-ring (bicyclic) bond motifs is 2. The first-order valence-corrected chi connectivity index (χ1v) is 12.2. The number of ether oxygens (including phenoxy) is 1. The van der Waals surface area contributed by atoms with E-state index < -0.39 is 23.6 Å². The SMILES string of the molecule is CC(C)n1nc(NC2[C@@H]3CC[C@H]2CN(c2ccnc(C(F)(F)F)c2)C3)nc1Oc1cccc(C(F)(F)F)c1. The van der Waals surface area contributed by atoms with Crippen molar-refractivity contribution in [1.29, 1.82) is 0 Å². The average Bonchev–Trinajstić information content (AvgIpc) is 3.34. The molecule has 5 rings (SSSR count). The third-order valence-corrected chi connectivity index (χ3v) is 6.99. The minimum atomic E-state index is -4.51. The second-order valence-electron chi connectivity index (χ2n) is 9.95. The average molecular weight is 541 g/mol. The Labute approximate surface area is 214 Å². The number of piperidine rings is 1. The first-order valence-electron chi connectivity index (χ1n) is 12.2. The molecule has 2 fully saturated rings. The van der Waals surface area contributed by atoms with Crippen LogP contribution in [-0.4, -0.2) is 38.9 Å². The maximum Gasteiger partial charge on any atom is 0.433 e. The molecule has 1 saturated carbocycles. The van der Waals surface area contributed by atoms with Crippen molar-refractivity contribution in [3.63, 3.8) is 0 Å². The number of hydrogen-bond donors (Lipinski definition) is 1. The van der Waals surface area contributed by atoms with E-state index in [2.05, 4.69) is 20.4 Å². The largest absolute Gasteiger partial charge is 0.433 e. The number of hydrogen-bond acceptors (Lipinski definition) is 6. The summed E-state index contributed by atoms with van der Waals surface area (Å²) in [6, 6.07) is 7.11. The zero-order valence-corrected chi connectivity index (χ0v) is 20.6. The summed E-state index contributed by atoms with van der Waals surface area (Å²) >= 11 is 0. The molecule has 7 nitrogen and oxygen atoms in total. The second-order valence-corrected chi connectivity index (χ2v) is 9.95. The van der Waals surface area contributed by atoms with Gasteiger partial charge in [-0.15, -0.1) is 5.10 Å². The monoisotopic (exact) mass is 540 g/mol. The van der Waals surface area contributed by atoms with Crippen molar-refractivity contribution in [2.24, 2.45) is 11.8 Å². The molecule has 204 valence electrons. The fourth-order valence-electron chi connectivity index (χ4n) is 5.21. The van der Waals surface area contributed by atoms with Gasteiger partial charge in [-0.25, -0.2) is 4.68 Å². The first-order chi connectivity index (χ1) is 17.9. The van der Waals surface area contributed by atoms with Gasteiger partial charge in [0.2, 0.25) is 5.95 Å². The Balaban J connectivity index is 1.32. The Morgan fingerprint density at radius 3 is 2.32 bits per heavy atom. The van der Waals surface area contributed by atoms with Gasteiger partial charge in [0.05, 0.1) is 11.6 Å². The molecule has 1 N–H and O–H groups in total. The molecule has 3 aromatic rings. The molecule has 2 bridgehead atoms. The van der Waals surface area contributed by atoms with Crippen LogP contribution < -0.4 is 15.0 Å². The first kappa shape index (κ1) is 26.1. The molecule has 38 heavy (non-hydrogen) atoms. The van der Waals surface area contributed by atoms with Crippen molar-refractivity contribution in [3.8, 4) is 11.8 Å². The predicted octanol–water partition coefficient (Wildman–Crippen LogP) is 6.41. The van der Waals surface area contributed by atoms with Crippen LogP contribution in [0.5, 0.6) is 11.8 Å². The highest BCUT2D eigenvalue weighted by atomic mass is 19.4. The van der Waals surface area contributed by atoms with E-state index in [0.29, 0.717) is 24.7 Å². The molecule has 1 aliphatic carbocycles. The standard InChI is InChI=1S/C25H26F6N6O/c1-14(2)37-23(38-19-5-3-4-17(10-19)24(26,27)28)34-22(35-37)33-21-15-6-7-16(21)13-36(12-15)18-8-9-32-20(11-18)25(29,30)31/h3-5,8-11,14-16,21H,6-7,12-13H2,1-2H3,(H,33,35)/t15-,16+,21?. The summed E-state index contributed by atoms with van der Waals surface area (Å²) in [4.78, 5) is 9.82. The number of nitrogens with zero attached hydrogens (tertiary/aromatic N) is 5. The van der Waals surface area contributed by atoms with Crippen LogP contribution in [0.3, 0.4) is 0 Å². The summed E-state index contributed by atoms with van der Waals surface area (Å²) in [7, 11) is 0. The van der Waals surface area contributed by atoms with Crippen molar-refractivity contribution in [1.82, 2.24) is 19.7 Å². The molecule has 0 radical (unpaired) electrons. The van der Waals surface area contributed by atoms with Crippen molar-refractivity contribution >= 4 is 11.6 Å². The van der Waals surface area contributed by atoms with E-state index in [1.165, 1.54) is 23.0 Å². The molecule has 0 amide bonds. The van der Waals surface area contributed by atoms with E-state index >= 15 is 0 Å². The highest BCUT2D eigenvalue weighted by Crippen LogP contribution is 2.41. The molecule has 13 heteroatoms. The van der Waals surface area contributed by atoms with Crippen molar-refractivity contribution in [3.05, 3.63) is 53.9 Å². The Morgan fingerprint density at radius 2 is 1.68 bits per heavy atom. The van der Waals surface area contributed by atoms with Gasteiger partial charge < -0.3 is 15.0 Å². The number of halogens is 6. The van der Waals surface area contributed by atoms with Crippen molar-refractivity contribution in [2.75, 3.05) is 23.3 Å². The predicted molar refractivity (Wildman–Crippen MR) is 127 cm³/mol. The van der Waals surface area contributed by atoms with Crippen LogP contribution in [0.1, 0.15) is 44.0 Å². The molecule has 1 unspecified atom stereocenters. The molecule has 0 spiro atoms. The van der Waals surface area contributed by atoms with Gasteiger partial charge in [0.1, 0.15) is 11.4 Å². The van der Waals surface area contributed by atoms with E-state index in [-0.39, 0.29) is 35.7 Å².